The Morgan fingerprint density at radius 2 is 1.88 bits per heavy atom. The fourth-order valence-electron chi connectivity index (χ4n) is 3.90. The van der Waals surface area contributed by atoms with Crippen LogP contribution < -0.4 is 5.32 Å². The van der Waals surface area contributed by atoms with Crippen molar-refractivity contribution < 1.29 is 14.6 Å². The minimum absolute atomic E-state index is 0.129. The molecule has 0 radical (unpaired) electrons. The average Bonchev–Trinajstić information content (AvgIpc) is 2.69. The van der Waals surface area contributed by atoms with Gasteiger partial charge >= 0.3 is 5.97 Å². The Morgan fingerprint density at radius 1 is 1.15 bits per heavy atom. The predicted octanol–water partition coefficient (Wildman–Crippen LogP) is 4.22. The maximum atomic E-state index is 11.1. The van der Waals surface area contributed by atoms with Crippen LogP contribution in [-0.2, 0) is 11.3 Å². The number of benzene rings is 2. The first kappa shape index (κ1) is 18.6. The molecule has 1 saturated carbocycles. The molecule has 138 valence electrons. The fraction of sp³-hybridized carbons (Fsp3) is 0.409. The van der Waals surface area contributed by atoms with Crippen LogP contribution in [0.4, 0.5) is 0 Å². The molecule has 0 unspecified atom stereocenters. The Kier molecular flexibility index (Phi) is 6.07. The molecule has 2 N–H and O–H groups in total. The van der Waals surface area contributed by atoms with Gasteiger partial charge in [0.15, 0.2) is 0 Å². The smallest absolute Gasteiger partial charge is 0.335 e. The van der Waals surface area contributed by atoms with Gasteiger partial charge in [-0.1, -0.05) is 42.5 Å². The van der Waals surface area contributed by atoms with E-state index in [0.29, 0.717) is 18.0 Å². The third-order valence-electron chi connectivity index (χ3n) is 5.55. The number of ether oxygens (including phenoxy) is 1. The van der Waals surface area contributed by atoms with E-state index in [-0.39, 0.29) is 5.60 Å². The first-order valence-corrected chi connectivity index (χ1v) is 9.25. The van der Waals surface area contributed by atoms with Crippen molar-refractivity contribution in [2.24, 2.45) is 0 Å². The van der Waals surface area contributed by atoms with Crippen molar-refractivity contribution in [3.8, 4) is 0 Å². The highest BCUT2D eigenvalue weighted by atomic mass is 16.5. The lowest BCUT2D eigenvalue weighted by Crippen LogP contribution is -2.44. The summed E-state index contributed by atoms with van der Waals surface area (Å²) in [7, 11) is 1.80. The van der Waals surface area contributed by atoms with Gasteiger partial charge in [-0.3, -0.25) is 0 Å². The number of carboxylic acid groups (broad SMARTS) is 1. The van der Waals surface area contributed by atoms with Crippen LogP contribution in [0.2, 0.25) is 0 Å². The highest BCUT2D eigenvalue weighted by Gasteiger charge is 2.35. The van der Waals surface area contributed by atoms with Crippen LogP contribution in [0.5, 0.6) is 0 Å². The van der Waals surface area contributed by atoms with E-state index in [1.165, 1.54) is 5.56 Å². The summed E-state index contributed by atoms with van der Waals surface area (Å²) in [4.78, 5) is 11.1. The lowest BCUT2D eigenvalue weighted by atomic mass is 9.76. The zero-order valence-corrected chi connectivity index (χ0v) is 15.3. The number of methoxy groups -OCH3 is 1. The van der Waals surface area contributed by atoms with Crippen LogP contribution in [0.3, 0.4) is 0 Å². The molecule has 1 aliphatic carbocycles. The molecular weight excluding hydrogens is 326 g/mol. The van der Waals surface area contributed by atoms with Crippen molar-refractivity contribution in [1.29, 1.82) is 0 Å². The maximum absolute atomic E-state index is 11.1. The number of hydrogen-bond acceptors (Lipinski definition) is 3. The summed E-state index contributed by atoms with van der Waals surface area (Å²) in [5, 5.41) is 12.6. The highest BCUT2D eigenvalue weighted by molar-refractivity contribution is 5.87. The Hall–Kier alpha value is -2.17. The molecule has 0 atom stereocenters. The van der Waals surface area contributed by atoms with E-state index in [2.05, 4.69) is 35.6 Å². The van der Waals surface area contributed by atoms with Crippen LogP contribution in [0, 0.1) is 0 Å². The van der Waals surface area contributed by atoms with Gasteiger partial charge in [-0.05, 0) is 54.9 Å². The number of carboxylic acids is 1. The van der Waals surface area contributed by atoms with Crippen molar-refractivity contribution in [2.45, 2.75) is 43.7 Å². The molecule has 4 heteroatoms. The summed E-state index contributed by atoms with van der Waals surface area (Å²) in [6, 6.07) is 17.8. The van der Waals surface area contributed by atoms with Gasteiger partial charge in [0.05, 0.1) is 11.2 Å². The van der Waals surface area contributed by atoms with Crippen LogP contribution >= 0.6 is 0 Å². The Morgan fingerprint density at radius 3 is 2.54 bits per heavy atom. The summed E-state index contributed by atoms with van der Waals surface area (Å²) in [6.45, 7) is 1.43. The number of carbonyl (C=O) groups is 1. The van der Waals surface area contributed by atoms with Crippen LogP contribution in [-0.4, -0.2) is 30.3 Å². The molecule has 3 rings (SSSR count). The van der Waals surface area contributed by atoms with Crippen LogP contribution in [0.25, 0.3) is 0 Å². The third kappa shape index (κ3) is 4.51. The molecule has 0 aromatic heterocycles. The minimum Gasteiger partial charge on any atom is -0.478 e. The van der Waals surface area contributed by atoms with Crippen molar-refractivity contribution in [3.05, 3.63) is 71.3 Å². The topological polar surface area (TPSA) is 58.6 Å². The average molecular weight is 353 g/mol. The van der Waals surface area contributed by atoms with Crippen LogP contribution in [0.1, 0.15) is 53.1 Å². The molecule has 0 heterocycles. The second kappa shape index (κ2) is 8.47. The zero-order valence-electron chi connectivity index (χ0n) is 15.3. The fourth-order valence-corrected chi connectivity index (χ4v) is 3.90. The van der Waals surface area contributed by atoms with Gasteiger partial charge in [0.1, 0.15) is 0 Å². The van der Waals surface area contributed by atoms with E-state index < -0.39 is 5.97 Å². The summed E-state index contributed by atoms with van der Waals surface area (Å²) < 4.78 is 5.91. The van der Waals surface area contributed by atoms with E-state index in [1.54, 1.807) is 25.3 Å². The molecule has 0 spiro atoms. The lowest BCUT2D eigenvalue weighted by Gasteiger charge is -2.39. The van der Waals surface area contributed by atoms with Gasteiger partial charge in [0, 0.05) is 20.2 Å². The monoisotopic (exact) mass is 353 g/mol. The molecule has 1 fully saturated rings. The van der Waals surface area contributed by atoms with E-state index in [1.807, 2.05) is 6.07 Å². The van der Waals surface area contributed by atoms with E-state index >= 15 is 0 Å². The number of hydrogen-bond donors (Lipinski definition) is 2. The first-order chi connectivity index (χ1) is 12.6. The minimum atomic E-state index is -0.889. The Balaban J connectivity index is 1.53. The Bertz CT molecular complexity index is 721. The standard InChI is InChI=1S/C22H27NO3/c1-26-22(12-10-19(11-13-22)18-7-3-2-4-8-18)16-23-15-17-6-5-9-20(14-17)21(24)25/h2-9,14,19,23H,10-13,15-16H2,1H3,(H,24,25). The van der Waals surface area contributed by atoms with Gasteiger partial charge in [-0.15, -0.1) is 0 Å². The van der Waals surface area contributed by atoms with Crippen molar-refractivity contribution >= 4 is 5.97 Å². The maximum Gasteiger partial charge on any atom is 0.335 e. The molecule has 26 heavy (non-hydrogen) atoms. The van der Waals surface area contributed by atoms with Crippen molar-refractivity contribution in [2.75, 3.05) is 13.7 Å². The third-order valence-corrected chi connectivity index (χ3v) is 5.55. The normalized spacial score (nSPS) is 22.9. The zero-order chi connectivity index (χ0) is 18.4. The van der Waals surface area contributed by atoms with Gasteiger partial charge in [-0.25, -0.2) is 4.79 Å². The van der Waals surface area contributed by atoms with Crippen LogP contribution in [0.15, 0.2) is 54.6 Å². The summed E-state index contributed by atoms with van der Waals surface area (Å²) >= 11 is 0. The van der Waals surface area contributed by atoms with Gasteiger partial charge < -0.3 is 15.2 Å². The molecule has 2 aromatic carbocycles. The first-order valence-electron chi connectivity index (χ1n) is 9.25. The molecule has 0 saturated heterocycles. The van der Waals surface area contributed by atoms with E-state index in [4.69, 9.17) is 9.84 Å². The largest absolute Gasteiger partial charge is 0.478 e. The van der Waals surface area contributed by atoms with Crippen molar-refractivity contribution in [3.63, 3.8) is 0 Å². The lowest BCUT2D eigenvalue weighted by molar-refractivity contribution is -0.0414. The van der Waals surface area contributed by atoms with Crippen molar-refractivity contribution in [1.82, 2.24) is 5.32 Å². The van der Waals surface area contributed by atoms with Gasteiger partial charge in [0.2, 0.25) is 0 Å². The summed E-state index contributed by atoms with van der Waals surface area (Å²) in [5.41, 5.74) is 2.61. The molecule has 1 aliphatic rings. The molecule has 0 amide bonds. The van der Waals surface area contributed by atoms with E-state index in [0.717, 1.165) is 37.8 Å². The summed E-state index contributed by atoms with van der Waals surface area (Å²) in [5.74, 6) is -0.272. The molecule has 0 aliphatic heterocycles. The summed E-state index contributed by atoms with van der Waals surface area (Å²) in [6.07, 6.45) is 4.33. The number of nitrogens with one attached hydrogen (secondary N) is 1. The van der Waals surface area contributed by atoms with Gasteiger partial charge in [-0.2, -0.15) is 0 Å². The van der Waals surface area contributed by atoms with Gasteiger partial charge in [0.25, 0.3) is 0 Å². The second-order valence-corrected chi connectivity index (χ2v) is 7.18. The van der Waals surface area contributed by atoms with E-state index in [9.17, 15) is 4.79 Å². The molecule has 2 aromatic rings. The molecule has 4 nitrogen and oxygen atoms in total. The second-order valence-electron chi connectivity index (χ2n) is 7.18. The predicted molar refractivity (Wildman–Crippen MR) is 102 cm³/mol. The molecule has 0 bridgehead atoms. The number of rotatable bonds is 7. The SMILES string of the molecule is COC1(CNCc2cccc(C(=O)O)c2)CCC(c2ccccc2)CC1. The quantitative estimate of drug-likeness (QED) is 0.782. The number of aromatic carboxylic acids is 1. The molecular formula is C22H27NO3. The Labute approximate surface area is 155 Å². The highest BCUT2D eigenvalue weighted by Crippen LogP contribution is 2.39.